The molecule has 1 N–H and O–H groups in total. The van der Waals surface area contributed by atoms with E-state index in [0.717, 1.165) is 16.1 Å². The average Bonchev–Trinajstić information content (AvgIpc) is 2.75. The van der Waals surface area contributed by atoms with Crippen LogP contribution in [0.25, 0.3) is 0 Å². The average molecular weight is 226 g/mol. The van der Waals surface area contributed by atoms with Gasteiger partial charge in [0.25, 0.3) is 0 Å². The Balaban J connectivity index is 2.10. The lowest BCUT2D eigenvalue weighted by Gasteiger charge is -2.07. The molecule has 0 radical (unpaired) electrons. The second-order valence-electron chi connectivity index (χ2n) is 3.08. The van der Waals surface area contributed by atoms with E-state index in [4.69, 9.17) is 0 Å². The third-order valence-corrected chi connectivity index (χ3v) is 3.69. The van der Waals surface area contributed by atoms with Crippen molar-refractivity contribution in [3.05, 3.63) is 33.0 Å². The van der Waals surface area contributed by atoms with Gasteiger partial charge < -0.3 is 5.11 Å². The number of aliphatic hydroxyl groups is 1. The van der Waals surface area contributed by atoms with Gasteiger partial charge in [-0.25, -0.2) is 0 Å². The lowest BCUT2D eigenvalue weighted by molar-refractivity contribution is 0.180. The monoisotopic (exact) mass is 226 g/mol. The maximum atomic E-state index is 9.91. The van der Waals surface area contributed by atoms with Gasteiger partial charge in [-0.2, -0.15) is 0 Å². The fourth-order valence-corrected chi connectivity index (χ4v) is 2.67. The molecule has 0 saturated carbocycles. The van der Waals surface area contributed by atoms with Crippen LogP contribution in [0.1, 0.15) is 22.2 Å². The molecule has 74 valence electrons. The number of thiophene rings is 1. The molecule has 0 aliphatic heterocycles. The summed E-state index contributed by atoms with van der Waals surface area (Å²) in [5.74, 6) is 0. The first kappa shape index (κ1) is 9.76. The van der Waals surface area contributed by atoms with Gasteiger partial charge in [-0.3, -0.25) is 0 Å². The summed E-state index contributed by atoms with van der Waals surface area (Å²) in [4.78, 5) is 1.03. The van der Waals surface area contributed by atoms with Gasteiger partial charge in [-0.15, -0.1) is 16.4 Å². The Kier molecular flexibility index (Phi) is 2.90. The van der Waals surface area contributed by atoms with Crippen molar-refractivity contribution in [2.24, 2.45) is 0 Å². The smallest absolute Gasteiger partial charge is 0.0940 e. The summed E-state index contributed by atoms with van der Waals surface area (Å²) in [5, 5.41) is 17.7. The molecule has 0 aliphatic carbocycles. The van der Waals surface area contributed by atoms with Crippen molar-refractivity contribution in [2.75, 3.05) is 0 Å². The molecule has 0 amide bonds. The van der Waals surface area contributed by atoms with Gasteiger partial charge in [0.2, 0.25) is 0 Å². The molecule has 0 aliphatic rings. The molecule has 3 nitrogen and oxygen atoms in total. The molecule has 0 aromatic carbocycles. The van der Waals surface area contributed by atoms with Crippen molar-refractivity contribution in [1.29, 1.82) is 0 Å². The Labute approximate surface area is 90.2 Å². The standard InChI is InChI=1S/C9H10N2OS2/c1-6-2-3-13-9(6)8(12)4-7-5-14-11-10-7/h2-3,5,8,12H,4H2,1H3. The third kappa shape index (κ3) is 2.00. The predicted octanol–water partition coefficient (Wildman–Crippen LogP) is 2.18. The SMILES string of the molecule is Cc1ccsc1C(O)Cc1csnn1. The minimum atomic E-state index is -0.445. The Bertz CT molecular complexity index is 397. The number of aromatic nitrogens is 2. The van der Waals surface area contributed by atoms with Crippen molar-refractivity contribution in [3.63, 3.8) is 0 Å². The topological polar surface area (TPSA) is 46.0 Å². The minimum absolute atomic E-state index is 0.445. The van der Waals surface area contributed by atoms with E-state index in [9.17, 15) is 5.11 Å². The lowest BCUT2D eigenvalue weighted by atomic mass is 10.1. The van der Waals surface area contributed by atoms with Gasteiger partial charge in [0.15, 0.2) is 0 Å². The van der Waals surface area contributed by atoms with Gasteiger partial charge in [0.1, 0.15) is 0 Å². The largest absolute Gasteiger partial charge is 0.387 e. The van der Waals surface area contributed by atoms with Crippen LogP contribution in [-0.4, -0.2) is 14.7 Å². The zero-order valence-electron chi connectivity index (χ0n) is 7.67. The minimum Gasteiger partial charge on any atom is -0.387 e. The normalized spacial score (nSPS) is 13.0. The lowest BCUT2D eigenvalue weighted by Crippen LogP contribution is -2.01. The van der Waals surface area contributed by atoms with Gasteiger partial charge in [-0.05, 0) is 35.5 Å². The molecule has 14 heavy (non-hydrogen) atoms. The van der Waals surface area contributed by atoms with Crippen molar-refractivity contribution in [2.45, 2.75) is 19.4 Å². The number of hydrogen-bond acceptors (Lipinski definition) is 5. The first-order valence-corrected chi connectivity index (χ1v) is 5.97. The molecule has 0 fully saturated rings. The second kappa shape index (κ2) is 4.16. The predicted molar refractivity (Wildman–Crippen MR) is 57.6 cm³/mol. The Hall–Kier alpha value is -0.780. The molecule has 2 heterocycles. The van der Waals surface area contributed by atoms with Gasteiger partial charge in [0.05, 0.1) is 11.8 Å². The molecule has 0 bridgehead atoms. The van der Waals surface area contributed by atoms with Gasteiger partial charge in [-0.1, -0.05) is 4.49 Å². The highest BCUT2D eigenvalue weighted by Crippen LogP contribution is 2.26. The van der Waals surface area contributed by atoms with E-state index in [0.29, 0.717) is 6.42 Å². The van der Waals surface area contributed by atoms with Gasteiger partial charge in [0, 0.05) is 16.7 Å². The number of aliphatic hydroxyl groups excluding tert-OH is 1. The van der Waals surface area contributed by atoms with Crippen LogP contribution < -0.4 is 0 Å². The fourth-order valence-electron chi connectivity index (χ4n) is 1.29. The Morgan fingerprint density at radius 2 is 2.43 bits per heavy atom. The van der Waals surface area contributed by atoms with E-state index >= 15 is 0 Å². The fraction of sp³-hybridized carbons (Fsp3) is 0.333. The van der Waals surface area contributed by atoms with E-state index in [1.165, 1.54) is 11.5 Å². The number of aryl methyl sites for hydroxylation is 1. The van der Waals surface area contributed by atoms with Gasteiger partial charge >= 0.3 is 0 Å². The van der Waals surface area contributed by atoms with Crippen molar-refractivity contribution in [3.8, 4) is 0 Å². The molecule has 1 atom stereocenters. The van der Waals surface area contributed by atoms with Crippen LogP contribution in [0, 0.1) is 6.92 Å². The first-order chi connectivity index (χ1) is 6.77. The van der Waals surface area contributed by atoms with Crippen LogP contribution in [0.2, 0.25) is 0 Å². The maximum absolute atomic E-state index is 9.91. The highest BCUT2D eigenvalue weighted by Gasteiger charge is 2.13. The zero-order valence-corrected chi connectivity index (χ0v) is 9.31. The summed E-state index contributed by atoms with van der Waals surface area (Å²) in [5.41, 5.74) is 2.00. The summed E-state index contributed by atoms with van der Waals surface area (Å²) in [6.45, 7) is 2.01. The van der Waals surface area contributed by atoms with E-state index in [1.807, 2.05) is 23.8 Å². The second-order valence-corrected chi connectivity index (χ2v) is 4.64. The van der Waals surface area contributed by atoms with Crippen LogP contribution in [0.5, 0.6) is 0 Å². The summed E-state index contributed by atoms with van der Waals surface area (Å²) < 4.78 is 3.76. The summed E-state index contributed by atoms with van der Waals surface area (Å²) in [7, 11) is 0. The Morgan fingerprint density at radius 3 is 3.00 bits per heavy atom. The molecule has 2 aromatic heterocycles. The summed E-state index contributed by atoms with van der Waals surface area (Å²) in [6.07, 6.45) is 0.108. The van der Waals surface area contributed by atoms with Crippen molar-refractivity contribution >= 4 is 22.9 Å². The molecule has 1 unspecified atom stereocenters. The maximum Gasteiger partial charge on any atom is 0.0940 e. The molecule has 2 aromatic rings. The number of nitrogens with zero attached hydrogens (tertiary/aromatic N) is 2. The van der Waals surface area contributed by atoms with Crippen LogP contribution in [0.4, 0.5) is 0 Å². The summed E-state index contributed by atoms with van der Waals surface area (Å²) in [6, 6.07) is 2.02. The molecule has 0 saturated heterocycles. The van der Waals surface area contributed by atoms with Crippen LogP contribution >= 0.6 is 22.9 Å². The van der Waals surface area contributed by atoms with Crippen molar-refractivity contribution < 1.29 is 5.11 Å². The molecule has 2 rings (SSSR count). The first-order valence-electron chi connectivity index (χ1n) is 4.25. The van der Waals surface area contributed by atoms with E-state index in [2.05, 4.69) is 9.59 Å². The molecular weight excluding hydrogens is 216 g/mol. The zero-order chi connectivity index (χ0) is 9.97. The van der Waals surface area contributed by atoms with Crippen LogP contribution in [-0.2, 0) is 6.42 Å². The highest BCUT2D eigenvalue weighted by atomic mass is 32.1. The molecule has 5 heteroatoms. The highest BCUT2D eigenvalue weighted by molar-refractivity contribution is 7.10. The third-order valence-electron chi connectivity index (χ3n) is 2.01. The molecule has 0 spiro atoms. The van der Waals surface area contributed by atoms with Crippen LogP contribution in [0.15, 0.2) is 16.8 Å². The molecular formula is C9H10N2OS2. The number of hydrogen-bond donors (Lipinski definition) is 1. The van der Waals surface area contributed by atoms with E-state index < -0.39 is 6.10 Å². The quantitative estimate of drug-likeness (QED) is 0.872. The summed E-state index contributed by atoms with van der Waals surface area (Å²) >= 11 is 2.90. The van der Waals surface area contributed by atoms with E-state index in [-0.39, 0.29) is 0 Å². The van der Waals surface area contributed by atoms with E-state index in [1.54, 1.807) is 11.3 Å². The Morgan fingerprint density at radius 1 is 1.57 bits per heavy atom. The van der Waals surface area contributed by atoms with Crippen LogP contribution in [0.3, 0.4) is 0 Å². The van der Waals surface area contributed by atoms with Crippen molar-refractivity contribution in [1.82, 2.24) is 9.59 Å². The number of rotatable bonds is 3.